The van der Waals surface area contributed by atoms with Crippen molar-refractivity contribution in [3.8, 4) is 6.07 Å². The van der Waals surface area contributed by atoms with Crippen molar-refractivity contribution in [3.63, 3.8) is 0 Å². The second kappa shape index (κ2) is 10.3. The highest BCUT2D eigenvalue weighted by molar-refractivity contribution is 9.08. The Bertz CT molecular complexity index is 767. The summed E-state index contributed by atoms with van der Waals surface area (Å²) >= 11 is 3.44. The van der Waals surface area contributed by atoms with Gasteiger partial charge in [-0.2, -0.15) is 5.26 Å². The minimum atomic E-state index is -0.426. The maximum atomic E-state index is 11.6. The van der Waals surface area contributed by atoms with Gasteiger partial charge in [-0.15, -0.1) is 0 Å². The summed E-state index contributed by atoms with van der Waals surface area (Å²) in [6, 6.07) is 17.3. The zero-order valence-corrected chi connectivity index (χ0v) is 15.3. The van der Waals surface area contributed by atoms with Crippen molar-refractivity contribution in [2.75, 3.05) is 6.54 Å². The van der Waals surface area contributed by atoms with Gasteiger partial charge in [0.05, 0.1) is 11.6 Å². The zero-order valence-electron chi connectivity index (χ0n) is 13.7. The lowest BCUT2D eigenvalue weighted by Gasteiger charge is -2.06. The Balaban J connectivity index is 1.74. The number of hydrogen-bond donors (Lipinski definition) is 1. The minimum absolute atomic E-state index is 0.262. The number of ether oxygens (including phenoxy) is 1. The Kier molecular flexibility index (Phi) is 7.74. The predicted molar refractivity (Wildman–Crippen MR) is 102 cm³/mol. The largest absolute Gasteiger partial charge is 0.445 e. The third-order valence-electron chi connectivity index (χ3n) is 3.51. The second-order valence-electron chi connectivity index (χ2n) is 5.34. The fourth-order valence-electron chi connectivity index (χ4n) is 2.18. The van der Waals surface area contributed by atoms with Gasteiger partial charge in [0.25, 0.3) is 0 Å². The first-order valence-corrected chi connectivity index (χ1v) is 9.05. The van der Waals surface area contributed by atoms with Gasteiger partial charge in [-0.25, -0.2) is 4.79 Å². The number of carbonyl (C=O) groups excluding carboxylic acids is 1. The number of amides is 1. The van der Waals surface area contributed by atoms with E-state index >= 15 is 0 Å². The molecule has 0 radical (unpaired) electrons. The van der Waals surface area contributed by atoms with Gasteiger partial charge in [-0.05, 0) is 35.2 Å². The fourth-order valence-corrected chi connectivity index (χ4v) is 2.69. The topological polar surface area (TPSA) is 62.1 Å². The molecule has 0 spiro atoms. The van der Waals surface area contributed by atoms with Crippen molar-refractivity contribution in [2.24, 2.45) is 0 Å². The van der Waals surface area contributed by atoms with Crippen LogP contribution in [0.25, 0.3) is 6.08 Å². The molecular formula is C20H19BrN2O2. The quantitative estimate of drug-likeness (QED) is 0.538. The minimum Gasteiger partial charge on any atom is -0.445 e. The molecule has 0 saturated heterocycles. The Morgan fingerprint density at radius 2 is 2.04 bits per heavy atom. The van der Waals surface area contributed by atoms with E-state index < -0.39 is 6.09 Å². The van der Waals surface area contributed by atoms with Gasteiger partial charge in [-0.3, -0.25) is 0 Å². The lowest BCUT2D eigenvalue weighted by atomic mass is 10.0. The van der Waals surface area contributed by atoms with Crippen LogP contribution in [0.15, 0.2) is 54.6 Å². The highest BCUT2D eigenvalue weighted by Gasteiger charge is 2.02. The molecule has 0 unspecified atom stereocenters. The molecular weight excluding hydrogens is 380 g/mol. The van der Waals surface area contributed by atoms with E-state index in [1.807, 2.05) is 54.6 Å². The van der Waals surface area contributed by atoms with E-state index in [1.54, 1.807) is 6.07 Å². The number of alkyl carbamates (subject to hydrolysis) is 1. The average Bonchev–Trinajstić information content (AvgIpc) is 2.66. The first kappa shape index (κ1) is 18.8. The van der Waals surface area contributed by atoms with E-state index in [9.17, 15) is 4.79 Å². The van der Waals surface area contributed by atoms with Gasteiger partial charge in [0.2, 0.25) is 0 Å². The van der Waals surface area contributed by atoms with Crippen molar-refractivity contribution in [1.82, 2.24) is 5.32 Å². The second-order valence-corrected chi connectivity index (χ2v) is 5.90. The smallest absolute Gasteiger partial charge is 0.407 e. The SMILES string of the molecule is N#Cc1ccc(CBr)c(C=CCCNC(=O)OCc2ccccc2)c1. The van der Waals surface area contributed by atoms with Crippen molar-refractivity contribution < 1.29 is 9.53 Å². The van der Waals surface area contributed by atoms with Crippen molar-refractivity contribution in [3.05, 3.63) is 76.9 Å². The normalized spacial score (nSPS) is 10.4. The molecule has 0 aliphatic rings. The summed E-state index contributed by atoms with van der Waals surface area (Å²) in [4.78, 5) is 11.6. The van der Waals surface area contributed by atoms with E-state index in [2.05, 4.69) is 27.3 Å². The number of nitrogens with zero attached hydrogens (tertiary/aromatic N) is 1. The van der Waals surface area contributed by atoms with Gasteiger partial charge >= 0.3 is 6.09 Å². The van der Waals surface area contributed by atoms with Crippen LogP contribution in [-0.4, -0.2) is 12.6 Å². The fraction of sp³-hybridized carbons (Fsp3) is 0.200. The first-order chi connectivity index (χ1) is 12.2. The molecule has 128 valence electrons. The van der Waals surface area contributed by atoms with E-state index in [0.717, 1.165) is 22.0 Å². The summed E-state index contributed by atoms with van der Waals surface area (Å²) in [5.74, 6) is 0. The van der Waals surface area contributed by atoms with E-state index in [-0.39, 0.29) is 6.61 Å². The van der Waals surface area contributed by atoms with E-state index in [0.29, 0.717) is 18.5 Å². The molecule has 0 fully saturated rings. The number of nitrogens with one attached hydrogen (secondary N) is 1. The van der Waals surface area contributed by atoms with E-state index in [4.69, 9.17) is 10.00 Å². The number of carbonyl (C=O) groups is 1. The number of alkyl halides is 1. The number of rotatable bonds is 7. The molecule has 1 N–H and O–H groups in total. The molecule has 0 saturated carbocycles. The Morgan fingerprint density at radius 1 is 1.24 bits per heavy atom. The van der Waals surface area contributed by atoms with Crippen LogP contribution >= 0.6 is 15.9 Å². The van der Waals surface area contributed by atoms with Gasteiger partial charge < -0.3 is 10.1 Å². The van der Waals surface area contributed by atoms with Gasteiger partial charge in [0.15, 0.2) is 0 Å². The third-order valence-corrected chi connectivity index (χ3v) is 4.11. The van der Waals surface area contributed by atoms with Crippen LogP contribution in [-0.2, 0) is 16.7 Å². The van der Waals surface area contributed by atoms with Crippen LogP contribution in [0.5, 0.6) is 0 Å². The Morgan fingerprint density at radius 3 is 2.76 bits per heavy atom. The van der Waals surface area contributed by atoms with Crippen LogP contribution in [0.1, 0.15) is 28.7 Å². The molecule has 0 aliphatic heterocycles. The summed E-state index contributed by atoms with van der Waals surface area (Å²) in [5.41, 5.74) is 3.71. The maximum absolute atomic E-state index is 11.6. The number of nitriles is 1. The molecule has 0 aliphatic carbocycles. The molecule has 0 heterocycles. The van der Waals surface area contributed by atoms with Crippen LogP contribution in [0.4, 0.5) is 4.79 Å². The van der Waals surface area contributed by atoms with Crippen molar-refractivity contribution >= 4 is 28.1 Å². The highest BCUT2D eigenvalue weighted by atomic mass is 79.9. The van der Waals surface area contributed by atoms with Crippen molar-refractivity contribution in [2.45, 2.75) is 18.4 Å². The predicted octanol–water partition coefficient (Wildman–Crippen LogP) is 4.78. The number of benzene rings is 2. The molecule has 4 nitrogen and oxygen atoms in total. The van der Waals surface area contributed by atoms with Crippen LogP contribution in [0.2, 0.25) is 0 Å². The average molecular weight is 399 g/mol. The molecule has 1 amide bonds. The van der Waals surface area contributed by atoms with Crippen molar-refractivity contribution in [1.29, 1.82) is 5.26 Å². The van der Waals surface area contributed by atoms with Crippen LogP contribution in [0.3, 0.4) is 0 Å². The standard InChI is InChI=1S/C20H19BrN2O2/c21-13-19-10-9-17(14-22)12-18(19)8-4-5-11-23-20(24)25-15-16-6-2-1-3-7-16/h1-4,6-10,12H,5,11,13,15H2,(H,23,24). The summed E-state index contributed by atoms with van der Waals surface area (Å²) in [7, 11) is 0. The molecule has 0 atom stereocenters. The molecule has 5 heteroatoms. The molecule has 25 heavy (non-hydrogen) atoms. The lowest BCUT2D eigenvalue weighted by Crippen LogP contribution is -2.24. The number of hydrogen-bond acceptors (Lipinski definition) is 3. The molecule has 2 aromatic carbocycles. The number of halogens is 1. The first-order valence-electron chi connectivity index (χ1n) is 7.93. The molecule has 0 aromatic heterocycles. The zero-order chi connectivity index (χ0) is 17.9. The Hall–Kier alpha value is -2.58. The van der Waals surface area contributed by atoms with E-state index in [1.165, 1.54) is 0 Å². The van der Waals surface area contributed by atoms with Gasteiger partial charge in [-0.1, -0.05) is 64.5 Å². The Labute approximate surface area is 156 Å². The van der Waals surface area contributed by atoms with Gasteiger partial charge in [0, 0.05) is 11.9 Å². The highest BCUT2D eigenvalue weighted by Crippen LogP contribution is 2.16. The summed E-state index contributed by atoms with van der Waals surface area (Å²) in [6.07, 6.45) is 4.19. The van der Waals surface area contributed by atoms with Gasteiger partial charge in [0.1, 0.15) is 6.61 Å². The molecule has 2 rings (SSSR count). The lowest BCUT2D eigenvalue weighted by molar-refractivity contribution is 0.140. The third kappa shape index (κ3) is 6.44. The monoisotopic (exact) mass is 398 g/mol. The summed E-state index contributed by atoms with van der Waals surface area (Å²) < 4.78 is 5.14. The van der Waals surface area contributed by atoms with Crippen LogP contribution < -0.4 is 5.32 Å². The van der Waals surface area contributed by atoms with Crippen LogP contribution in [0, 0.1) is 11.3 Å². The molecule has 2 aromatic rings. The summed E-state index contributed by atoms with van der Waals surface area (Å²) in [6.45, 7) is 0.754. The molecule has 0 bridgehead atoms. The summed E-state index contributed by atoms with van der Waals surface area (Å²) in [5, 5.41) is 12.4. The maximum Gasteiger partial charge on any atom is 0.407 e.